The van der Waals surface area contributed by atoms with Gasteiger partial charge in [0.15, 0.2) is 11.5 Å². The van der Waals surface area contributed by atoms with Crippen molar-refractivity contribution in [1.29, 1.82) is 0 Å². The van der Waals surface area contributed by atoms with Gasteiger partial charge in [0.1, 0.15) is 0 Å². The number of hydrogen-bond acceptors (Lipinski definition) is 3. The van der Waals surface area contributed by atoms with Crippen LogP contribution in [0.3, 0.4) is 0 Å². The number of benzene rings is 1. The molecule has 3 nitrogen and oxygen atoms in total. The monoisotopic (exact) mass is 193 g/mol. The highest BCUT2D eigenvalue weighted by Gasteiger charge is 2.41. The minimum absolute atomic E-state index is 0.0222. The van der Waals surface area contributed by atoms with Crippen molar-refractivity contribution in [3.8, 4) is 11.5 Å². The van der Waals surface area contributed by atoms with E-state index in [0.29, 0.717) is 0 Å². The molecule has 1 saturated carbocycles. The molecule has 0 aromatic heterocycles. The highest BCUT2D eigenvalue weighted by Crippen LogP contribution is 2.41. The van der Waals surface area contributed by atoms with Crippen LogP contribution >= 0.6 is 0 Å². The predicted molar refractivity (Wildman–Crippen MR) is 54.5 cm³/mol. The Bertz CT molecular complexity index is 345. The average Bonchev–Trinajstić information content (AvgIpc) is 2.94. The highest BCUT2D eigenvalue weighted by molar-refractivity contribution is 5.45. The first-order valence-corrected chi connectivity index (χ1v) is 4.86. The maximum atomic E-state index is 9.61. The molecule has 0 spiro atoms. The largest absolute Gasteiger partial charge is 0.504 e. The van der Waals surface area contributed by atoms with Crippen molar-refractivity contribution in [3.05, 3.63) is 23.8 Å². The van der Waals surface area contributed by atoms with E-state index < -0.39 is 0 Å². The lowest BCUT2D eigenvalue weighted by Gasteiger charge is -2.15. The molecule has 1 aromatic carbocycles. The van der Waals surface area contributed by atoms with E-state index in [1.165, 1.54) is 6.07 Å². The molecule has 0 unspecified atom stereocenters. The molecule has 3 heteroatoms. The van der Waals surface area contributed by atoms with Gasteiger partial charge in [0.25, 0.3) is 0 Å². The lowest BCUT2D eigenvalue weighted by atomic mass is 10.0. The van der Waals surface area contributed by atoms with Crippen LogP contribution in [0.2, 0.25) is 0 Å². The molecule has 1 aliphatic carbocycles. The Morgan fingerprint density at radius 2 is 2.07 bits per heavy atom. The van der Waals surface area contributed by atoms with Gasteiger partial charge >= 0.3 is 0 Å². The summed E-state index contributed by atoms with van der Waals surface area (Å²) < 4.78 is 0. The first-order valence-electron chi connectivity index (χ1n) is 4.86. The SMILES string of the molecule is CNC1(Cc2cccc(O)c2O)CC1. The van der Waals surface area contributed by atoms with E-state index in [1.807, 2.05) is 13.1 Å². The van der Waals surface area contributed by atoms with Gasteiger partial charge in [-0.2, -0.15) is 0 Å². The Morgan fingerprint density at radius 1 is 1.36 bits per heavy atom. The van der Waals surface area contributed by atoms with Crippen molar-refractivity contribution in [1.82, 2.24) is 5.32 Å². The van der Waals surface area contributed by atoms with Crippen molar-refractivity contribution in [3.63, 3.8) is 0 Å². The van der Waals surface area contributed by atoms with Crippen LogP contribution in [0.15, 0.2) is 18.2 Å². The third-order valence-electron chi connectivity index (χ3n) is 3.01. The maximum absolute atomic E-state index is 9.61. The normalized spacial score (nSPS) is 18.1. The van der Waals surface area contributed by atoms with E-state index in [9.17, 15) is 10.2 Å². The Morgan fingerprint density at radius 3 is 2.64 bits per heavy atom. The van der Waals surface area contributed by atoms with Crippen molar-refractivity contribution in [2.45, 2.75) is 24.8 Å². The van der Waals surface area contributed by atoms with Gasteiger partial charge in [0.2, 0.25) is 0 Å². The van der Waals surface area contributed by atoms with Crippen LogP contribution in [0.5, 0.6) is 11.5 Å². The van der Waals surface area contributed by atoms with Crippen molar-refractivity contribution in [2.24, 2.45) is 0 Å². The molecule has 0 radical (unpaired) electrons. The smallest absolute Gasteiger partial charge is 0.160 e. The summed E-state index contributed by atoms with van der Waals surface area (Å²) in [7, 11) is 1.94. The van der Waals surface area contributed by atoms with Crippen molar-refractivity contribution in [2.75, 3.05) is 7.05 Å². The Labute approximate surface area is 83.4 Å². The van der Waals surface area contributed by atoms with Crippen LogP contribution in [-0.2, 0) is 6.42 Å². The van der Waals surface area contributed by atoms with E-state index in [0.717, 1.165) is 24.8 Å². The van der Waals surface area contributed by atoms with Gasteiger partial charge in [0.05, 0.1) is 0 Å². The third kappa shape index (κ3) is 1.55. The molecule has 1 aromatic rings. The van der Waals surface area contributed by atoms with Crippen LogP contribution in [0.25, 0.3) is 0 Å². The number of rotatable bonds is 3. The molecule has 1 fully saturated rings. The number of nitrogens with one attached hydrogen (secondary N) is 1. The summed E-state index contributed by atoms with van der Waals surface area (Å²) >= 11 is 0. The lowest BCUT2D eigenvalue weighted by Crippen LogP contribution is -2.29. The molecule has 2 rings (SSSR count). The second kappa shape index (κ2) is 3.17. The van der Waals surface area contributed by atoms with E-state index in [-0.39, 0.29) is 17.0 Å². The van der Waals surface area contributed by atoms with Gasteiger partial charge in [-0.15, -0.1) is 0 Å². The molecule has 3 N–H and O–H groups in total. The minimum Gasteiger partial charge on any atom is -0.504 e. The molecular weight excluding hydrogens is 178 g/mol. The number of phenols is 2. The number of phenolic OH excluding ortho intramolecular Hbond substituents is 2. The Kier molecular flexibility index (Phi) is 2.11. The van der Waals surface area contributed by atoms with Crippen LogP contribution in [0.1, 0.15) is 18.4 Å². The lowest BCUT2D eigenvalue weighted by molar-refractivity contribution is 0.395. The molecule has 0 atom stereocenters. The van der Waals surface area contributed by atoms with Crippen LogP contribution < -0.4 is 5.32 Å². The zero-order chi connectivity index (χ0) is 10.2. The molecule has 0 heterocycles. The van der Waals surface area contributed by atoms with Crippen molar-refractivity contribution < 1.29 is 10.2 Å². The summed E-state index contributed by atoms with van der Waals surface area (Å²) in [5, 5.41) is 22.2. The number of hydrogen-bond donors (Lipinski definition) is 3. The summed E-state index contributed by atoms with van der Waals surface area (Å²) in [5.41, 5.74) is 0.975. The van der Waals surface area contributed by atoms with Gasteiger partial charge in [-0.25, -0.2) is 0 Å². The second-order valence-corrected chi connectivity index (χ2v) is 3.99. The van der Waals surface area contributed by atoms with Crippen LogP contribution in [0.4, 0.5) is 0 Å². The standard InChI is InChI=1S/C11H15NO2/c1-12-11(5-6-11)7-8-3-2-4-9(13)10(8)14/h2-4,12-14H,5-7H2,1H3. The van der Waals surface area contributed by atoms with Crippen LogP contribution in [-0.4, -0.2) is 22.8 Å². The van der Waals surface area contributed by atoms with E-state index >= 15 is 0 Å². The number of aromatic hydroxyl groups is 2. The van der Waals surface area contributed by atoms with Crippen molar-refractivity contribution >= 4 is 0 Å². The summed E-state index contributed by atoms with van der Waals surface area (Å²) in [4.78, 5) is 0. The number of likely N-dealkylation sites (N-methyl/N-ethyl adjacent to an activating group) is 1. The zero-order valence-electron chi connectivity index (χ0n) is 8.25. The van der Waals surface area contributed by atoms with Gasteiger partial charge in [-0.05, 0) is 37.9 Å². The fourth-order valence-corrected chi connectivity index (χ4v) is 1.75. The van der Waals surface area contributed by atoms with E-state index in [2.05, 4.69) is 5.32 Å². The summed E-state index contributed by atoms with van der Waals surface area (Å²) in [5.74, 6) is -0.0107. The highest BCUT2D eigenvalue weighted by atomic mass is 16.3. The minimum atomic E-state index is -0.0330. The Hall–Kier alpha value is -1.22. The maximum Gasteiger partial charge on any atom is 0.160 e. The molecule has 0 aliphatic heterocycles. The first kappa shape index (κ1) is 9.34. The molecule has 1 aliphatic rings. The van der Waals surface area contributed by atoms with Gasteiger partial charge in [0, 0.05) is 5.54 Å². The van der Waals surface area contributed by atoms with Crippen LogP contribution in [0, 0.1) is 0 Å². The summed E-state index contributed by atoms with van der Waals surface area (Å²) in [6, 6.07) is 5.11. The molecule has 0 saturated heterocycles. The average molecular weight is 193 g/mol. The number of para-hydroxylation sites is 1. The topological polar surface area (TPSA) is 52.5 Å². The summed E-state index contributed by atoms with van der Waals surface area (Å²) in [6.07, 6.45) is 3.06. The quantitative estimate of drug-likeness (QED) is 0.636. The molecule has 0 amide bonds. The molecule has 14 heavy (non-hydrogen) atoms. The summed E-state index contributed by atoms with van der Waals surface area (Å²) in [6.45, 7) is 0. The molecule has 0 bridgehead atoms. The van der Waals surface area contributed by atoms with Gasteiger partial charge < -0.3 is 15.5 Å². The fraction of sp³-hybridized carbons (Fsp3) is 0.455. The molecule has 76 valence electrons. The third-order valence-corrected chi connectivity index (χ3v) is 3.01. The van der Waals surface area contributed by atoms with Gasteiger partial charge in [-0.1, -0.05) is 12.1 Å². The van der Waals surface area contributed by atoms with E-state index in [1.54, 1.807) is 6.07 Å². The Balaban J connectivity index is 2.21. The first-order chi connectivity index (χ1) is 6.67. The van der Waals surface area contributed by atoms with E-state index in [4.69, 9.17) is 0 Å². The fourth-order valence-electron chi connectivity index (χ4n) is 1.75. The second-order valence-electron chi connectivity index (χ2n) is 3.99. The van der Waals surface area contributed by atoms with Gasteiger partial charge in [-0.3, -0.25) is 0 Å². The zero-order valence-corrected chi connectivity index (χ0v) is 8.25. The molecular formula is C11H15NO2. The predicted octanol–water partition coefficient (Wildman–Crippen LogP) is 1.39.